The molecule has 0 saturated heterocycles. The zero-order valence-corrected chi connectivity index (χ0v) is 17.3. The van der Waals surface area contributed by atoms with Gasteiger partial charge < -0.3 is 14.2 Å². The van der Waals surface area contributed by atoms with Crippen molar-refractivity contribution >= 4 is 17.5 Å². The number of carbonyl (C=O) groups excluding carboxylic acids is 2. The molecule has 0 fully saturated rings. The SMILES string of the molecule is COC(=O)C1C(C)=NC2=C(C(=O)CC(C)(C)C2)[C@H]1c1cc(OC)cc(OC)c1. The lowest BCUT2D eigenvalue weighted by atomic mass is 9.67. The van der Waals surface area contributed by atoms with E-state index in [4.69, 9.17) is 14.2 Å². The van der Waals surface area contributed by atoms with Crippen LogP contribution in [0.4, 0.5) is 0 Å². The van der Waals surface area contributed by atoms with Crippen molar-refractivity contribution in [2.45, 2.75) is 39.5 Å². The Labute approximate surface area is 165 Å². The number of aliphatic imine (C=N–C) groups is 1. The van der Waals surface area contributed by atoms with Crippen LogP contribution in [0.1, 0.15) is 45.1 Å². The first-order valence-electron chi connectivity index (χ1n) is 9.33. The molecule has 1 aliphatic carbocycles. The number of hydrogen-bond acceptors (Lipinski definition) is 6. The van der Waals surface area contributed by atoms with Gasteiger partial charge in [-0.05, 0) is 36.5 Å². The number of Topliss-reactive ketones (excluding diaryl/α,β-unsaturated/α-hetero) is 1. The fourth-order valence-corrected chi connectivity index (χ4v) is 4.25. The van der Waals surface area contributed by atoms with Gasteiger partial charge in [0.05, 0.1) is 21.3 Å². The van der Waals surface area contributed by atoms with Crippen molar-refractivity contribution < 1.29 is 23.8 Å². The number of ether oxygens (including phenoxy) is 3. The van der Waals surface area contributed by atoms with Crippen molar-refractivity contribution in [2.75, 3.05) is 21.3 Å². The Balaban J connectivity index is 2.24. The molecule has 0 amide bonds. The summed E-state index contributed by atoms with van der Waals surface area (Å²) in [6, 6.07) is 5.46. The Hall–Kier alpha value is -2.63. The molecule has 6 nitrogen and oxygen atoms in total. The summed E-state index contributed by atoms with van der Waals surface area (Å²) in [7, 11) is 4.50. The van der Waals surface area contributed by atoms with Crippen LogP contribution in [0.15, 0.2) is 34.5 Å². The molecule has 1 aliphatic heterocycles. The van der Waals surface area contributed by atoms with Gasteiger partial charge in [0.25, 0.3) is 0 Å². The van der Waals surface area contributed by atoms with E-state index in [2.05, 4.69) is 18.8 Å². The van der Waals surface area contributed by atoms with E-state index in [0.29, 0.717) is 35.6 Å². The second-order valence-electron chi connectivity index (χ2n) is 8.18. The summed E-state index contributed by atoms with van der Waals surface area (Å²) in [6.45, 7) is 5.95. The number of benzene rings is 1. The highest BCUT2D eigenvalue weighted by Gasteiger charge is 2.46. The van der Waals surface area contributed by atoms with Crippen molar-refractivity contribution in [1.82, 2.24) is 0 Å². The van der Waals surface area contributed by atoms with Gasteiger partial charge in [0, 0.05) is 35.4 Å². The summed E-state index contributed by atoms with van der Waals surface area (Å²) in [4.78, 5) is 30.5. The average Bonchev–Trinajstić information content (AvgIpc) is 2.64. The molecular formula is C22H27NO5. The third kappa shape index (κ3) is 3.55. The van der Waals surface area contributed by atoms with Crippen LogP contribution in [-0.4, -0.2) is 38.8 Å². The molecule has 0 aromatic heterocycles. The number of carbonyl (C=O) groups is 2. The van der Waals surface area contributed by atoms with Crippen LogP contribution in [0.5, 0.6) is 11.5 Å². The Morgan fingerprint density at radius 1 is 1.07 bits per heavy atom. The highest BCUT2D eigenvalue weighted by Crippen LogP contribution is 2.48. The normalized spacial score (nSPS) is 23.6. The van der Waals surface area contributed by atoms with Gasteiger partial charge in [-0.2, -0.15) is 0 Å². The topological polar surface area (TPSA) is 74.2 Å². The molecule has 28 heavy (non-hydrogen) atoms. The van der Waals surface area contributed by atoms with Crippen LogP contribution in [0.2, 0.25) is 0 Å². The van der Waals surface area contributed by atoms with Crippen molar-refractivity contribution in [3.05, 3.63) is 35.0 Å². The molecular weight excluding hydrogens is 358 g/mol. The molecule has 0 spiro atoms. The maximum atomic E-state index is 13.2. The van der Waals surface area contributed by atoms with Crippen LogP contribution in [0.25, 0.3) is 0 Å². The monoisotopic (exact) mass is 385 g/mol. The number of methoxy groups -OCH3 is 3. The minimum atomic E-state index is -0.661. The molecule has 0 N–H and O–H groups in total. The second-order valence-corrected chi connectivity index (χ2v) is 8.18. The predicted octanol–water partition coefficient (Wildman–Crippen LogP) is 3.69. The second kappa shape index (κ2) is 7.41. The Morgan fingerprint density at radius 3 is 2.21 bits per heavy atom. The molecule has 2 aliphatic rings. The van der Waals surface area contributed by atoms with E-state index < -0.39 is 17.8 Å². The highest BCUT2D eigenvalue weighted by atomic mass is 16.5. The summed E-state index contributed by atoms with van der Waals surface area (Å²) in [6.07, 6.45) is 1.11. The third-order valence-electron chi connectivity index (χ3n) is 5.49. The third-order valence-corrected chi connectivity index (χ3v) is 5.49. The van der Waals surface area contributed by atoms with Gasteiger partial charge in [-0.25, -0.2) is 0 Å². The first kappa shape index (κ1) is 20.1. The van der Waals surface area contributed by atoms with Crippen LogP contribution >= 0.6 is 0 Å². The summed E-state index contributed by atoms with van der Waals surface area (Å²) in [5.74, 6) is -0.313. The van der Waals surface area contributed by atoms with E-state index in [1.165, 1.54) is 7.11 Å². The predicted molar refractivity (Wildman–Crippen MR) is 106 cm³/mol. The molecule has 3 rings (SSSR count). The molecule has 1 aromatic rings. The molecule has 0 saturated carbocycles. The lowest BCUT2D eigenvalue weighted by Crippen LogP contribution is -2.39. The fourth-order valence-electron chi connectivity index (χ4n) is 4.25. The quantitative estimate of drug-likeness (QED) is 0.739. The van der Waals surface area contributed by atoms with E-state index in [0.717, 1.165) is 11.3 Å². The maximum absolute atomic E-state index is 13.2. The molecule has 1 heterocycles. The Bertz CT molecular complexity index is 859. The first-order chi connectivity index (χ1) is 13.2. The standard InChI is InChI=1S/C22H27NO5/c1-12-18(21(25)28-6)19(13-7-14(26-4)9-15(8-13)27-5)20-16(23-12)10-22(2,3)11-17(20)24/h7-9,18-19H,10-11H2,1-6H3/t18?,19-/m0/s1. The maximum Gasteiger partial charge on any atom is 0.315 e. The van der Waals surface area contributed by atoms with Gasteiger partial charge in [-0.1, -0.05) is 13.8 Å². The van der Waals surface area contributed by atoms with Crippen LogP contribution in [0.3, 0.4) is 0 Å². The number of allylic oxidation sites excluding steroid dienone is 2. The summed E-state index contributed by atoms with van der Waals surface area (Å²) in [5.41, 5.74) is 2.65. The van der Waals surface area contributed by atoms with Crippen LogP contribution in [0, 0.1) is 11.3 Å². The van der Waals surface area contributed by atoms with E-state index in [1.807, 2.05) is 19.1 Å². The van der Waals surface area contributed by atoms with Crippen molar-refractivity contribution in [2.24, 2.45) is 16.3 Å². The van der Waals surface area contributed by atoms with Crippen LogP contribution < -0.4 is 9.47 Å². The van der Waals surface area contributed by atoms with Crippen LogP contribution in [-0.2, 0) is 14.3 Å². The smallest absolute Gasteiger partial charge is 0.315 e. The van der Waals surface area contributed by atoms with E-state index in [1.54, 1.807) is 20.3 Å². The first-order valence-corrected chi connectivity index (χ1v) is 9.33. The minimum absolute atomic E-state index is 0.0307. The summed E-state index contributed by atoms with van der Waals surface area (Å²) < 4.78 is 15.9. The molecule has 6 heteroatoms. The molecule has 150 valence electrons. The molecule has 0 radical (unpaired) electrons. The van der Waals surface area contributed by atoms with E-state index in [-0.39, 0.29) is 11.2 Å². The van der Waals surface area contributed by atoms with E-state index in [9.17, 15) is 9.59 Å². The van der Waals surface area contributed by atoms with Gasteiger partial charge in [-0.3, -0.25) is 14.6 Å². The zero-order valence-electron chi connectivity index (χ0n) is 17.3. The number of hydrogen-bond donors (Lipinski definition) is 0. The Morgan fingerprint density at radius 2 is 1.68 bits per heavy atom. The van der Waals surface area contributed by atoms with Crippen molar-refractivity contribution in [1.29, 1.82) is 0 Å². The van der Waals surface area contributed by atoms with Gasteiger partial charge in [-0.15, -0.1) is 0 Å². The van der Waals surface area contributed by atoms with Gasteiger partial charge in [0.15, 0.2) is 5.78 Å². The van der Waals surface area contributed by atoms with Gasteiger partial charge >= 0.3 is 5.97 Å². The molecule has 1 aromatic carbocycles. The lowest BCUT2D eigenvalue weighted by molar-refractivity contribution is -0.143. The number of ketones is 1. The summed E-state index contributed by atoms with van der Waals surface area (Å²) in [5, 5.41) is 0. The molecule has 1 unspecified atom stereocenters. The zero-order chi connectivity index (χ0) is 20.6. The Kier molecular flexibility index (Phi) is 5.33. The minimum Gasteiger partial charge on any atom is -0.497 e. The van der Waals surface area contributed by atoms with E-state index >= 15 is 0 Å². The number of nitrogens with zero attached hydrogens (tertiary/aromatic N) is 1. The highest BCUT2D eigenvalue weighted by molar-refractivity contribution is 6.09. The van der Waals surface area contributed by atoms with Gasteiger partial charge in [0.2, 0.25) is 0 Å². The molecule has 0 bridgehead atoms. The fraction of sp³-hybridized carbons (Fsp3) is 0.500. The number of esters is 1. The largest absolute Gasteiger partial charge is 0.497 e. The van der Waals surface area contributed by atoms with Crippen molar-refractivity contribution in [3.8, 4) is 11.5 Å². The molecule has 2 atom stereocenters. The van der Waals surface area contributed by atoms with Crippen molar-refractivity contribution in [3.63, 3.8) is 0 Å². The van der Waals surface area contributed by atoms with Gasteiger partial charge in [0.1, 0.15) is 17.4 Å². The lowest BCUT2D eigenvalue weighted by Gasteiger charge is -2.39. The number of rotatable bonds is 4. The average molecular weight is 385 g/mol. The summed E-state index contributed by atoms with van der Waals surface area (Å²) >= 11 is 0.